The molecule has 0 radical (unpaired) electrons. The lowest BCUT2D eigenvalue weighted by atomic mass is 9.95. The summed E-state index contributed by atoms with van der Waals surface area (Å²) in [5.41, 5.74) is 6.04. The van der Waals surface area contributed by atoms with Crippen LogP contribution in [0.3, 0.4) is 0 Å². The lowest BCUT2D eigenvalue weighted by Gasteiger charge is -2.33. The van der Waals surface area contributed by atoms with E-state index < -0.39 is 0 Å². The quantitative estimate of drug-likeness (QED) is 0.686. The van der Waals surface area contributed by atoms with E-state index in [2.05, 4.69) is 20.2 Å². The molecule has 0 atom stereocenters. The number of H-pyrrole nitrogens is 1. The summed E-state index contributed by atoms with van der Waals surface area (Å²) in [5, 5.41) is 3.47. The second-order valence-corrected chi connectivity index (χ2v) is 7.47. The molecule has 4 N–H and O–H groups in total. The third-order valence-electron chi connectivity index (χ3n) is 4.44. The van der Waals surface area contributed by atoms with Crippen molar-refractivity contribution in [2.24, 2.45) is 11.7 Å². The first-order valence-electron chi connectivity index (χ1n) is 8.67. The molecule has 1 aliphatic heterocycles. The second-order valence-electron chi connectivity index (χ2n) is 7.47. The molecule has 1 aliphatic rings. The third-order valence-corrected chi connectivity index (χ3v) is 4.44. The number of anilines is 1. The molecule has 0 saturated carbocycles. The molecule has 0 amide bonds. The molecule has 1 aromatic heterocycles. The Morgan fingerprint density at radius 2 is 2.09 bits per heavy atom. The molecule has 0 unspecified atom stereocenters. The number of nitrogens with one attached hydrogen (secondary N) is 2. The fourth-order valence-corrected chi connectivity index (χ4v) is 2.91. The number of nitrogens with zero attached hydrogens (tertiary/aromatic N) is 2. The molecule has 130 valence electrons. The van der Waals surface area contributed by atoms with Gasteiger partial charge in [0.2, 0.25) is 0 Å². The van der Waals surface area contributed by atoms with Crippen LogP contribution in [0.15, 0.2) is 11.0 Å². The summed E-state index contributed by atoms with van der Waals surface area (Å²) in [7, 11) is 0. The Kier molecular flexibility index (Phi) is 6.18. The Morgan fingerprint density at radius 3 is 2.65 bits per heavy atom. The van der Waals surface area contributed by atoms with Crippen molar-refractivity contribution in [2.75, 3.05) is 37.6 Å². The third kappa shape index (κ3) is 5.04. The number of aromatic amines is 1. The molecule has 0 bridgehead atoms. The number of nitrogens with two attached hydrogens (primary N) is 1. The first kappa shape index (κ1) is 17.9. The summed E-state index contributed by atoms with van der Waals surface area (Å²) in [6, 6.07) is 0. The molecule has 1 aromatic rings. The van der Waals surface area contributed by atoms with Gasteiger partial charge < -0.3 is 20.9 Å². The van der Waals surface area contributed by atoms with Gasteiger partial charge in [-0.2, -0.15) is 0 Å². The maximum absolute atomic E-state index is 12.4. The molecule has 6 nitrogen and oxygen atoms in total. The summed E-state index contributed by atoms with van der Waals surface area (Å²) >= 11 is 0. The standard InChI is InChI=1S/C17H31N5O/c1-17(2,3)16-20-12-14(15(23)21-16)22-9-5-13(6-10-22)11-19-8-4-7-18/h12-13,19H,4-11,18H2,1-3H3,(H,20,21,23). The average Bonchev–Trinajstić information content (AvgIpc) is 2.51. The van der Waals surface area contributed by atoms with Crippen LogP contribution in [0.5, 0.6) is 0 Å². The zero-order valence-electron chi connectivity index (χ0n) is 14.7. The van der Waals surface area contributed by atoms with Gasteiger partial charge >= 0.3 is 0 Å². The summed E-state index contributed by atoms with van der Waals surface area (Å²) in [4.78, 5) is 21.9. The van der Waals surface area contributed by atoms with Crippen LogP contribution in [-0.2, 0) is 5.41 Å². The Labute approximate surface area is 138 Å². The van der Waals surface area contributed by atoms with Crippen LogP contribution in [0.2, 0.25) is 0 Å². The van der Waals surface area contributed by atoms with Gasteiger partial charge in [-0.15, -0.1) is 0 Å². The molecule has 0 aliphatic carbocycles. The van der Waals surface area contributed by atoms with Crippen molar-refractivity contribution >= 4 is 5.69 Å². The summed E-state index contributed by atoms with van der Waals surface area (Å²) < 4.78 is 0. The van der Waals surface area contributed by atoms with Crippen molar-refractivity contribution in [3.63, 3.8) is 0 Å². The summed E-state index contributed by atoms with van der Waals surface area (Å²) in [6.45, 7) is 10.8. The fourth-order valence-electron chi connectivity index (χ4n) is 2.91. The highest BCUT2D eigenvalue weighted by atomic mass is 16.1. The van der Waals surface area contributed by atoms with Crippen molar-refractivity contribution in [1.82, 2.24) is 15.3 Å². The molecule has 2 rings (SSSR count). The molecule has 1 saturated heterocycles. The number of piperidine rings is 1. The van der Waals surface area contributed by atoms with Crippen LogP contribution >= 0.6 is 0 Å². The van der Waals surface area contributed by atoms with Crippen LogP contribution < -0.4 is 21.5 Å². The zero-order chi connectivity index (χ0) is 16.9. The Balaban J connectivity index is 1.89. The van der Waals surface area contributed by atoms with E-state index in [9.17, 15) is 4.79 Å². The van der Waals surface area contributed by atoms with E-state index >= 15 is 0 Å². The molecule has 2 heterocycles. The van der Waals surface area contributed by atoms with Crippen LogP contribution in [0.4, 0.5) is 5.69 Å². The van der Waals surface area contributed by atoms with Gasteiger partial charge in [-0.1, -0.05) is 20.8 Å². The molecule has 6 heteroatoms. The van der Waals surface area contributed by atoms with Crippen molar-refractivity contribution in [1.29, 1.82) is 0 Å². The van der Waals surface area contributed by atoms with Crippen molar-refractivity contribution in [3.8, 4) is 0 Å². The smallest absolute Gasteiger partial charge is 0.274 e. The van der Waals surface area contributed by atoms with E-state index in [4.69, 9.17) is 5.73 Å². The van der Waals surface area contributed by atoms with Crippen LogP contribution in [0.1, 0.15) is 45.9 Å². The van der Waals surface area contributed by atoms with Gasteiger partial charge in [0, 0.05) is 18.5 Å². The lowest BCUT2D eigenvalue weighted by molar-refractivity contribution is 0.382. The van der Waals surface area contributed by atoms with E-state index in [1.54, 1.807) is 6.20 Å². The minimum Gasteiger partial charge on any atom is -0.366 e. The van der Waals surface area contributed by atoms with Crippen LogP contribution in [0, 0.1) is 5.92 Å². The highest BCUT2D eigenvalue weighted by molar-refractivity contribution is 5.42. The molecular formula is C17H31N5O. The Hall–Kier alpha value is -1.40. The zero-order valence-corrected chi connectivity index (χ0v) is 14.7. The number of aromatic nitrogens is 2. The molecule has 23 heavy (non-hydrogen) atoms. The maximum atomic E-state index is 12.4. The van der Waals surface area contributed by atoms with E-state index in [0.29, 0.717) is 11.6 Å². The summed E-state index contributed by atoms with van der Waals surface area (Å²) in [6.07, 6.45) is 4.98. The van der Waals surface area contributed by atoms with Gasteiger partial charge in [-0.05, 0) is 44.8 Å². The van der Waals surface area contributed by atoms with Gasteiger partial charge in [-0.25, -0.2) is 4.98 Å². The van der Waals surface area contributed by atoms with Crippen molar-refractivity contribution in [2.45, 2.75) is 45.4 Å². The van der Waals surface area contributed by atoms with E-state index in [1.807, 2.05) is 20.8 Å². The van der Waals surface area contributed by atoms with Crippen molar-refractivity contribution < 1.29 is 0 Å². The molecule has 0 aromatic carbocycles. The predicted octanol–water partition coefficient (Wildman–Crippen LogP) is 1.22. The number of hydrogen-bond donors (Lipinski definition) is 3. The first-order valence-corrected chi connectivity index (χ1v) is 8.67. The van der Waals surface area contributed by atoms with Gasteiger partial charge in [0.25, 0.3) is 5.56 Å². The monoisotopic (exact) mass is 321 g/mol. The van der Waals surface area contributed by atoms with E-state index in [-0.39, 0.29) is 11.0 Å². The fraction of sp³-hybridized carbons (Fsp3) is 0.765. The van der Waals surface area contributed by atoms with Gasteiger partial charge in [-0.3, -0.25) is 4.79 Å². The second kappa shape index (κ2) is 7.93. The first-order chi connectivity index (χ1) is 10.9. The molecule has 0 spiro atoms. The summed E-state index contributed by atoms with van der Waals surface area (Å²) in [5.74, 6) is 1.43. The van der Waals surface area contributed by atoms with Crippen LogP contribution in [0.25, 0.3) is 0 Å². The highest BCUT2D eigenvalue weighted by Crippen LogP contribution is 2.21. The van der Waals surface area contributed by atoms with Gasteiger partial charge in [0.05, 0.1) is 6.20 Å². The Bertz CT molecular complexity index is 541. The van der Waals surface area contributed by atoms with E-state index in [1.165, 1.54) is 0 Å². The molecule has 1 fully saturated rings. The maximum Gasteiger partial charge on any atom is 0.274 e. The van der Waals surface area contributed by atoms with Gasteiger partial charge in [0.1, 0.15) is 11.5 Å². The van der Waals surface area contributed by atoms with Crippen LogP contribution in [-0.4, -0.2) is 42.7 Å². The minimum absolute atomic E-state index is 0.0237. The predicted molar refractivity (Wildman–Crippen MR) is 95.0 cm³/mol. The molecular weight excluding hydrogens is 290 g/mol. The average molecular weight is 321 g/mol. The minimum atomic E-state index is -0.139. The normalized spacial score (nSPS) is 16.8. The SMILES string of the molecule is CC(C)(C)c1ncc(N2CCC(CNCCCN)CC2)c(=O)[nH]1. The van der Waals surface area contributed by atoms with Crippen molar-refractivity contribution in [3.05, 3.63) is 22.4 Å². The number of rotatable bonds is 6. The Morgan fingerprint density at radius 1 is 1.39 bits per heavy atom. The number of hydrogen-bond acceptors (Lipinski definition) is 5. The van der Waals surface area contributed by atoms with E-state index in [0.717, 1.165) is 57.8 Å². The largest absolute Gasteiger partial charge is 0.366 e. The lowest BCUT2D eigenvalue weighted by Crippen LogP contribution is -2.40. The van der Waals surface area contributed by atoms with Gasteiger partial charge in [0.15, 0.2) is 0 Å². The topological polar surface area (TPSA) is 87.0 Å². The highest BCUT2D eigenvalue weighted by Gasteiger charge is 2.23.